The summed E-state index contributed by atoms with van der Waals surface area (Å²) in [5, 5.41) is 96.6. The SMILES string of the molecule is Cc1cc(C)[nH]n1.Cc1cc(C)[nH]n1.Cc1cc(C)[nH]n1.Cc1cc(C)[nH]n1.Cc1cc(C)[nH]n1.Cc1cc(C)[nH]n1.ClCCl.ClCCl.[Mo].[Mo].[Mo].[Mo].[O-2].[O-2].[O-2].[O-2].[O-2].[O-2].[O-2].[O-2].[O-][O-].[O-][O-].[O-][O-].[O-][O-]. The molecule has 0 radical (unpaired) electrons. The summed E-state index contributed by atoms with van der Waals surface area (Å²) in [5.74, 6) is 0. The Morgan fingerprint density at radius 3 is 0.368 bits per heavy atom. The van der Waals surface area contributed by atoms with E-state index in [1.54, 1.807) is 0 Å². The fourth-order valence-electron chi connectivity index (χ4n) is 3.33. The molecule has 0 fully saturated rings. The molecule has 412 valence electrons. The van der Waals surface area contributed by atoms with Crippen LogP contribution >= 0.6 is 46.4 Å². The van der Waals surface area contributed by atoms with E-state index in [-0.39, 0.29) is 139 Å². The number of alkyl halides is 4. The summed E-state index contributed by atoms with van der Waals surface area (Å²) in [7, 11) is 0. The molecule has 0 saturated heterocycles. The van der Waals surface area contributed by atoms with Crippen LogP contribution in [0.3, 0.4) is 0 Å². The third-order valence-corrected chi connectivity index (χ3v) is 5.00. The quantitative estimate of drug-likeness (QED) is 0.0438. The van der Waals surface area contributed by atoms with Gasteiger partial charge in [-0.2, -0.15) is 30.6 Å². The summed E-state index contributed by atoms with van der Waals surface area (Å²) in [4.78, 5) is 0. The normalized spacial score (nSPS) is 6.71. The van der Waals surface area contributed by atoms with Crippen LogP contribution in [-0.2, 0) is 128 Å². The van der Waals surface area contributed by atoms with Crippen LogP contribution in [0.2, 0.25) is 0 Å². The maximum atomic E-state index is 7.00. The van der Waals surface area contributed by atoms with E-state index in [0.717, 1.165) is 68.3 Å². The molecule has 0 aliphatic rings. The Kier molecular flexibility index (Phi) is 164. The van der Waals surface area contributed by atoms with Crippen LogP contribution in [0.4, 0.5) is 0 Å². The standard InChI is InChI=1S/6C5H8N2.2CH2Cl2.4Mo.4O2.8O/c6*1-4-3-5(2)7-6-4;2*2-1-3;;;;;4*1-2;;;;;;;;/h6*3H,1-2H3,(H,6,7);2*1H2;;;;;;;;;;;;;;;;/q;;;;;;;;;;;;12*-2. The third kappa shape index (κ3) is 94.4. The Morgan fingerprint density at radius 1 is 0.279 bits per heavy atom. The predicted octanol–water partition coefficient (Wildman–Crippen LogP) is -1.47. The van der Waals surface area contributed by atoms with Crippen LogP contribution < -0.4 is 42.1 Å². The average Bonchev–Trinajstić information content (AvgIpc) is 4.05. The zero-order valence-electron chi connectivity index (χ0n) is 38.2. The molecule has 6 heterocycles. The molecule has 0 amide bonds. The first kappa shape index (κ1) is 121. The first-order valence-electron chi connectivity index (χ1n) is 15.4. The number of H-pyrrole nitrogens is 6. The topological polar surface area (TPSA) is 585 Å². The van der Waals surface area contributed by atoms with E-state index in [1.807, 2.05) is 119 Å². The zero-order chi connectivity index (χ0) is 45.1. The summed E-state index contributed by atoms with van der Waals surface area (Å²) in [6.07, 6.45) is 0. The van der Waals surface area contributed by atoms with Crippen LogP contribution in [0, 0.1) is 83.1 Å². The van der Waals surface area contributed by atoms with Gasteiger partial charge in [0.1, 0.15) is 0 Å². The van der Waals surface area contributed by atoms with E-state index >= 15 is 0 Å². The maximum absolute atomic E-state index is 7.00. The fourth-order valence-corrected chi connectivity index (χ4v) is 3.33. The van der Waals surface area contributed by atoms with Crippen LogP contribution in [-0.4, -0.2) is 71.9 Å². The van der Waals surface area contributed by atoms with Crippen LogP contribution in [0.1, 0.15) is 68.3 Å². The van der Waals surface area contributed by atoms with Gasteiger partial charge in [0.05, 0.1) is 44.8 Å². The molecule has 0 atom stereocenters. The number of hydrogen-bond donors (Lipinski definition) is 6. The Bertz CT molecular complexity index is 1250. The average molecular weight is 1390 g/mol. The van der Waals surface area contributed by atoms with Crippen LogP contribution in [0.25, 0.3) is 0 Å². The second-order valence-corrected chi connectivity index (χ2v) is 12.0. The summed E-state index contributed by atoms with van der Waals surface area (Å²) in [5.41, 5.74) is 13.1. The van der Waals surface area contributed by atoms with E-state index in [4.69, 9.17) is 88.5 Å². The number of aryl methyl sites for hydroxylation is 12. The van der Waals surface area contributed by atoms with Gasteiger partial charge >= 0.3 is 0 Å². The summed E-state index contributed by atoms with van der Waals surface area (Å²) in [6, 6.07) is 12.0. The molecule has 0 bridgehead atoms. The van der Waals surface area contributed by atoms with Gasteiger partial charge < -0.3 is 85.9 Å². The molecular weight excluding hydrogens is 1330 g/mol. The number of rotatable bonds is 0. The molecule has 6 rings (SSSR count). The molecule has 6 N–H and O–H groups in total. The van der Waals surface area contributed by atoms with Crippen molar-refractivity contribution in [1.29, 1.82) is 0 Å². The monoisotopic (exact) mass is 1390 g/mol. The number of nitrogens with one attached hydrogen (secondary N) is 6. The predicted molar refractivity (Wildman–Crippen MR) is 207 cm³/mol. The third-order valence-electron chi connectivity index (χ3n) is 5.00. The van der Waals surface area contributed by atoms with E-state index in [1.165, 1.54) is 0 Å². The van der Waals surface area contributed by atoms with Crippen molar-refractivity contribution >= 4 is 46.4 Å². The molecule has 0 spiro atoms. The minimum absolute atomic E-state index is 0. The Morgan fingerprint density at radius 2 is 0.353 bits per heavy atom. The largest absolute Gasteiger partial charge is 2.00 e. The molecule has 6 aromatic rings. The molecule has 0 aliphatic heterocycles. The van der Waals surface area contributed by atoms with Crippen molar-refractivity contribution in [2.24, 2.45) is 0 Å². The van der Waals surface area contributed by atoms with Crippen LogP contribution in [0.15, 0.2) is 36.4 Å². The molecule has 0 aliphatic carbocycles. The van der Waals surface area contributed by atoms with Crippen molar-refractivity contribution in [3.8, 4) is 0 Å². The van der Waals surface area contributed by atoms with Crippen molar-refractivity contribution in [3.05, 3.63) is 105 Å². The molecular formula is C32H52Cl4Mo4N12O16-24. The van der Waals surface area contributed by atoms with Gasteiger partial charge in [-0.1, -0.05) is 0 Å². The molecule has 6 aromatic heterocycles. The molecule has 0 aromatic carbocycles. The molecule has 0 unspecified atom stereocenters. The van der Waals surface area contributed by atoms with Crippen molar-refractivity contribution in [2.75, 3.05) is 10.7 Å². The van der Waals surface area contributed by atoms with Gasteiger partial charge in [-0.15, -0.1) is 46.4 Å². The van der Waals surface area contributed by atoms with Gasteiger partial charge in [-0.05, 0) is 119 Å². The number of aromatic nitrogens is 12. The number of hydrogen-bond acceptors (Lipinski definition) is 14. The fraction of sp³-hybridized carbons (Fsp3) is 0.438. The first-order chi connectivity index (χ1) is 26.6. The molecule has 28 nitrogen and oxygen atoms in total. The number of halogens is 4. The number of aromatic amines is 6. The first-order valence-corrected chi connectivity index (χ1v) is 17.5. The van der Waals surface area contributed by atoms with E-state index in [0.29, 0.717) is 0 Å². The minimum atomic E-state index is 0. The Labute approximate surface area is 472 Å². The van der Waals surface area contributed by atoms with E-state index < -0.39 is 0 Å². The van der Waals surface area contributed by atoms with Crippen molar-refractivity contribution in [2.45, 2.75) is 83.1 Å². The van der Waals surface area contributed by atoms with Gasteiger partial charge in [0.15, 0.2) is 0 Å². The Balaban J connectivity index is -0.0000000253. The van der Waals surface area contributed by atoms with Crippen molar-refractivity contribution < 1.29 is 170 Å². The van der Waals surface area contributed by atoms with Gasteiger partial charge in [0.25, 0.3) is 0 Å². The minimum Gasteiger partial charge on any atom is -2.00 e. The van der Waals surface area contributed by atoms with Crippen molar-refractivity contribution in [1.82, 2.24) is 61.2 Å². The second-order valence-electron chi connectivity index (χ2n) is 10.4. The van der Waals surface area contributed by atoms with E-state index in [9.17, 15) is 0 Å². The van der Waals surface area contributed by atoms with Gasteiger partial charge in [0.2, 0.25) is 0 Å². The van der Waals surface area contributed by atoms with E-state index in [2.05, 4.69) is 61.2 Å². The second kappa shape index (κ2) is 91.8. The zero-order valence-corrected chi connectivity index (χ0v) is 49.3. The Hall–Kier alpha value is -1.47. The number of nitrogens with zero attached hydrogens (tertiary/aromatic N) is 6. The molecule has 0 saturated carbocycles. The summed E-state index contributed by atoms with van der Waals surface area (Å²) >= 11 is 19.1. The molecule has 68 heavy (non-hydrogen) atoms. The van der Waals surface area contributed by atoms with Gasteiger partial charge in [-0.3, -0.25) is 30.6 Å². The molecule has 36 heteroatoms. The van der Waals surface area contributed by atoms with Gasteiger partial charge in [0, 0.05) is 118 Å². The maximum Gasteiger partial charge on any atom is 0.0967 e. The summed E-state index contributed by atoms with van der Waals surface area (Å²) < 4.78 is 0. The van der Waals surface area contributed by atoms with Gasteiger partial charge in [-0.25, -0.2) is 0 Å². The smallest absolute Gasteiger partial charge is 0.0967 e. The summed E-state index contributed by atoms with van der Waals surface area (Å²) in [6.45, 7) is 23.7. The van der Waals surface area contributed by atoms with Crippen LogP contribution in [0.5, 0.6) is 0 Å². The van der Waals surface area contributed by atoms with Crippen molar-refractivity contribution in [3.63, 3.8) is 0 Å².